The second-order valence-corrected chi connectivity index (χ2v) is 6.42. The van der Waals surface area contributed by atoms with Crippen LogP contribution in [0.25, 0.3) is 11.0 Å². The van der Waals surface area contributed by atoms with E-state index >= 15 is 0 Å². The average Bonchev–Trinajstić information content (AvgIpc) is 2.80. The Morgan fingerprint density at radius 1 is 1.38 bits per heavy atom. The van der Waals surface area contributed by atoms with E-state index in [2.05, 4.69) is 4.57 Å². The molecule has 0 bridgehead atoms. The minimum Gasteiger partial charge on any atom is -0.497 e. The SMILES string of the molecule is COc1ccc2c(c1)nc(C(C)Cl)n2CC1(OC)CCC1. The van der Waals surface area contributed by atoms with E-state index in [0.29, 0.717) is 0 Å². The molecule has 2 aromatic rings. The van der Waals surface area contributed by atoms with Crippen molar-refractivity contribution in [2.75, 3.05) is 14.2 Å². The van der Waals surface area contributed by atoms with Gasteiger partial charge in [0.25, 0.3) is 0 Å². The van der Waals surface area contributed by atoms with Gasteiger partial charge in [0.1, 0.15) is 11.6 Å². The number of hydrogen-bond acceptors (Lipinski definition) is 3. The molecule has 5 heteroatoms. The predicted molar refractivity (Wildman–Crippen MR) is 84.1 cm³/mol. The molecule has 0 aliphatic heterocycles. The summed E-state index contributed by atoms with van der Waals surface area (Å²) in [7, 11) is 3.46. The lowest BCUT2D eigenvalue weighted by Crippen LogP contribution is -2.43. The summed E-state index contributed by atoms with van der Waals surface area (Å²) in [6.07, 6.45) is 3.41. The fourth-order valence-electron chi connectivity index (χ4n) is 3.01. The van der Waals surface area contributed by atoms with Crippen LogP contribution in [-0.4, -0.2) is 29.4 Å². The van der Waals surface area contributed by atoms with Crippen LogP contribution in [0.2, 0.25) is 0 Å². The van der Waals surface area contributed by atoms with Crippen LogP contribution < -0.4 is 4.74 Å². The molecule has 0 amide bonds. The molecule has 4 nitrogen and oxygen atoms in total. The van der Waals surface area contributed by atoms with Crippen LogP contribution in [0.5, 0.6) is 5.75 Å². The Hall–Kier alpha value is -1.26. The maximum Gasteiger partial charge on any atom is 0.127 e. The fraction of sp³-hybridized carbons (Fsp3) is 0.562. The standard InChI is InChI=1S/C16H21ClN2O2/c1-11(17)15-18-13-9-12(20-2)5-6-14(13)19(15)10-16(21-3)7-4-8-16/h5-6,9,11H,4,7-8,10H2,1-3H3. The number of hydrogen-bond donors (Lipinski definition) is 0. The summed E-state index contributed by atoms with van der Waals surface area (Å²) in [6.45, 7) is 2.76. The summed E-state index contributed by atoms with van der Waals surface area (Å²) >= 11 is 6.33. The summed E-state index contributed by atoms with van der Waals surface area (Å²) in [6, 6.07) is 5.96. The molecule has 1 heterocycles. The van der Waals surface area contributed by atoms with E-state index < -0.39 is 0 Å². The van der Waals surface area contributed by atoms with Crippen molar-refractivity contribution in [3.8, 4) is 5.75 Å². The van der Waals surface area contributed by atoms with Gasteiger partial charge in [-0.1, -0.05) is 0 Å². The first-order chi connectivity index (χ1) is 10.1. The van der Waals surface area contributed by atoms with Crippen LogP contribution in [0.15, 0.2) is 18.2 Å². The van der Waals surface area contributed by atoms with Crippen molar-refractivity contribution < 1.29 is 9.47 Å². The third kappa shape index (κ3) is 2.51. The van der Waals surface area contributed by atoms with Gasteiger partial charge in [0.2, 0.25) is 0 Å². The molecule has 1 aromatic carbocycles. The van der Waals surface area contributed by atoms with Gasteiger partial charge in [-0.25, -0.2) is 4.98 Å². The lowest BCUT2D eigenvalue weighted by molar-refractivity contribution is -0.0832. The number of imidazole rings is 1. The van der Waals surface area contributed by atoms with Crippen LogP contribution in [0.3, 0.4) is 0 Å². The molecular formula is C16H21ClN2O2. The molecule has 114 valence electrons. The molecule has 0 saturated heterocycles. The number of benzene rings is 1. The number of nitrogens with zero attached hydrogens (tertiary/aromatic N) is 2. The third-order valence-corrected chi connectivity index (χ3v) is 4.68. The number of fused-ring (bicyclic) bond motifs is 1. The van der Waals surface area contributed by atoms with E-state index in [1.54, 1.807) is 14.2 Å². The van der Waals surface area contributed by atoms with Gasteiger partial charge in [0.15, 0.2) is 0 Å². The second kappa shape index (κ2) is 5.50. The zero-order valence-corrected chi connectivity index (χ0v) is 13.5. The van der Waals surface area contributed by atoms with Crippen LogP contribution in [0.1, 0.15) is 37.4 Å². The van der Waals surface area contributed by atoms with Gasteiger partial charge in [-0.2, -0.15) is 0 Å². The molecule has 1 saturated carbocycles. The molecule has 1 aromatic heterocycles. The largest absolute Gasteiger partial charge is 0.497 e. The fourth-order valence-corrected chi connectivity index (χ4v) is 3.18. The normalized spacial score (nSPS) is 18.5. The molecule has 0 radical (unpaired) electrons. The molecule has 1 aliphatic carbocycles. The van der Waals surface area contributed by atoms with Crippen LogP contribution in [-0.2, 0) is 11.3 Å². The Morgan fingerprint density at radius 2 is 2.14 bits per heavy atom. The molecule has 0 N–H and O–H groups in total. The van der Waals surface area contributed by atoms with E-state index in [4.69, 9.17) is 26.1 Å². The van der Waals surface area contributed by atoms with Gasteiger partial charge in [-0.05, 0) is 38.3 Å². The third-order valence-electron chi connectivity index (χ3n) is 4.48. The molecule has 21 heavy (non-hydrogen) atoms. The highest BCUT2D eigenvalue weighted by atomic mass is 35.5. The van der Waals surface area contributed by atoms with Crippen molar-refractivity contribution in [1.82, 2.24) is 9.55 Å². The van der Waals surface area contributed by atoms with Crippen molar-refractivity contribution in [2.45, 2.75) is 43.7 Å². The maximum atomic E-state index is 6.33. The summed E-state index contributed by atoms with van der Waals surface area (Å²) < 4.78 is 13.2. The van der Waals surface area contributed by atoms with Crippen LogP contribution in [0, 0.1) is 0 Å². The van der Waals surface area contributed by atoms with Gasteiger partial charge < -0.3 is 14.0 Å². The zero-order chi connectivity index (χ0) is 15.0. The number of alkyl halides is 1. The second-order valence-electron chi connectivity index (χ2n) is 5.77. The van der Waals surface area contributed by atoms with Gasteiger partial charge in [-0.15, -0.1) is 11.6 Å². The van der Waals surface area contributed by atoms with Crippen molar-refractivity contribution in [1.29, 1.82) is 0 Å². The number of halogens is 1. The number of rotatable bonds is 5. The number of aromatic nitrogens is 2. The van der Waals surface area contributed by atoms with E-state index in [-0.39, 0.29) is 11.0 Å². The summed E-state index contributed by atoms with van der Waals surface area (Å²) in [4.78, 5) is 4.69. The molecular weight excluding hydrogens is 288 g/mol. The average molecular weight is 309 g/mol. The van der Waals surface area contributed by atoms with Gasteiger partial charge >= 0.3 is 0 Å². The Bertz CT molecular complexity index is 641. The van der Waals surface area contributed by atoms with Gasteiger partial charge in [0, 0.05) is 13.2 Å². The number of methoxy groups -OCH3 is 2. The first-order valence-corrected chi connectivity index (χ1v) is 7.75. The Kier molecular flexibility index (Phi) is 3.84. The molecule has 1 aliphatic rings. The Labute approximate surface area is 130 Å². The lowest BCUT2D eigenvalue weighted by atomic mass is 9.80. The number of ether oxygens (including phenoxy) is 2. The van der Waals surface area contributed by atoms with Crippen molar-refractivity contribution in [3.05, 3.63) is 24.0 Å². The van der Waals surface area contributed by atoms with Crippen LogP contribution in [0.4, 0.5) is 0 Å². The van der Waals surface area contributed by atoms with Crippen molar-refractivity contribution >= 4 is 22.6 Å². The summed E-state index contributed by atoms with van der Waals surface area (Å²) in [5, 5.41) is -0.141. The van der Waals surface area contributed by atoms with Crippen molar-refractivity contribution in [3.63, 3.8) is 0 Å². The first kappa shape index (κ1) is 14.7. The first-order valence-electron chi connectivity index (χ1n) is 7.32. The Balaban J connectivity index is 2.07. The maximum absolute atomic E-state index is 6.33. The van der Waals surface area contributed by atoms with E-state index in [1.165, 1.54) is 6.42 Å². The molecule has 1 atom stereocenters. The minimum absolute atomic E-state index is 0.0614. The predicted octanol–water partition coefficient (Wildman–Crippen LogP) is 3.91. The molecule has 0 spiro atoms. The topological polar surface area (TPSA) is 36.3 Å². The van der Waals surface area contributed by atoms with Crippen molar-refractivity contribution in [2.24, 2.45) is 0 Å². The van der Waals surface area contributed by atoms with Crippen LogP contribution >= 0.6 is 11.6 Å². The highest BCUT2D eigenvalue weighted by Gasteiger charge is 2.38. The minimum atomic E-state index is -0.141. The Morgan fingerprint density at radius 3 is 2.67 bits per heavy atom. The zero-order valence-electron chi connectivity index (χ0n) is 12.7. The molecule has 1 unspecified atom stereocenters. The molecule has 3 rings (SSSR count). The summed E-state index contributed by atoms with van der Waals surface area (Å²) in [5.41, 5.74) is 1.94. The van der Waals surface area contributed by atoms with E-state index in [9.17, 15) is 0 Å². The quantitative estimate of drug-likeness (QED) is 0.786. The van der Waals surface area contributed by atoms with E-state index in [0.717, 1.165) is 42.0 Å². The summed E-state index contributed by atoms with van der Waals surface area (Å²) in [5.74, 6) is 1.70. The monoisotopic (exact) mass is 308 g/mol. The van der Waals surface area contributed by atoms with Gasteiger partial charge in [-0.3, -0.25) is 0 Å². The molecule has 1 fully saturated rings. The van der Waals surface area contributed by atoms with Gasteiger partial charge in [0.05, 0.1) is 35.7 Å². The highest BCUT2D eigenvalue weighted by molar-refractivity contribution is 6.20. The van der Waals surface area contributed by atoms with E-state index in [1.807, 2.05) is 25.1 Å². The lowest BCUT2D eigenvalue weighted by Gasteiger charge is -2.41. The highest BCUT2D eigenvalue weighted by Crippen LogP contribution is 2.38. The smallest absolute Gasteiger partial charge is 0.127 e.